The highest BCUT2D eigenvalue weighted by molar-refractivity contribution is 7.14. The fourth-order valence-corrected chi connectivity index (χ4v) is 2.55. The molecule has 0 radical (unpaired) electrons. The highest BCUT2D eigenvalue weighted by Crippen LogP contribution is 2.29. The molecule has 3 nitrogen and oxygen atoms in total. The number of hydrogen-bond acceptors (Lipinski definition) is 4. The third kappa shape index (κ3) is 1.48. The Morgan fingerprint density at radius 2 is 2.31 bits per heavy atom. The van der Waals surface area contributed by atoms with E-state index in [1.165, 1.54) is 22.7 Å². The van der Waals surface area contributed by atoms with Crippen LogP contribution in [0.5, 0.6) is 0 Å². The largest absolute Gasteiger partial charge is 0.478 e. The molecule has 0 saturated carbocycles. The summed E-state index contributed by atoms with van der Waals surface area (Å²) in [6.07, 6.45) is 1.68. The first-order chi connectivity index (χ1) is 6.29. The van der Waals surface area contributed by atoms with E-state index in [2.05, 4.69) is 4.98 Å². The van der Waals surface area contributed by atoms with E-state index < -0.39 is 5.97 Å². The molecule has 2 heterocycles. The van der Waals surface area contributed by atoms with E-state index in [0.717, 1.165) is 10.4 Å². The summed E-state index contributed by atoms with van der Waals surface area (Å²) in [6.45, 7) is 0. The van der Waals surface area contributed by atoms with Crippen LogP contribution in [0.25, 0.3) is 10.4 Å². The maximum atomic E-state index is 10.8. The zero-order valence-corrected chi connectivity index (χ0v) is 8.06. The van der Waals surface area contributed by atoms with Crippen molar-refractivity contribution in [1.29, 1.82) is 0 Å². The Morgan fingerprint density at radius 3 is 2.92 bits per heavy atom. The van der Waals surface area contributed by atoms with Crippen LogP contribution in [0.3, 0.4) is 0 Å². The summed E-state index contributed by atoms with van der Waals surface area (Å²) in [6, 6.07) is 0. The Balaban J connectivity index is 2.52. The molecule has 0 bridgehead atoms. The van der Waals surface area contributed by atoms with E-state index in [-0.39, 0.29) is 0 Å². The van der Waals surface area contributed by atoms with Gasteiger partial charge >= 0.3 is 5.97 Å². The van der Waals surface area contributed by atoms with Crippen LogP contribution >= 0.6 is 22.7 Å². The second-order valence-electron chi connectivity index (χ2n) is 2.37. The van der Waals surface area contributed by atoms with E-state index in [0.29, 0.717) is 5.56 Å². The second-order valence-corrected chi connectivity index (χ2v) is 4.00. The standard InChI is InChI=1S/C8H5NO2S2/c10-8(11)6-3-12-2-5(6)7-1-9-4-13-7/h1-4H,(H,10,11). The number of hydrogen-bond donors (Lipinski definition) is 1. The first-order valence-corrected chi connectivity index (χ1v) is 5.29. The van der Waals surface area contributed by atoms with Gasteiger partial charge in [-0.05, 0) is 0 Å². The van der Waals surface area contributed by atoms with E-state index in [4.69, 9.17) is 5.11 Å². The number of aromatic nitrogens is 1. The number of thiophene rings is 1. The maximum absolute atomic E-state index is 10.8. The quantitative estimate of drug-likeness (QED) is 0.830. The molecule has 2 aromatic heterocycles. The molecule has 0 aliphatic carbocycles. The summed E-state index contributed by atoms with van der Waals surface area (Å²) < 4.78 is 0. The third-order valence-electron chi connectivity index (χ3n) is 1.59. The molecule has 5 heteroatoms. The zero-order chi connectivity index (χ0) is 9.26. The molecule has 0 saturated heterocycles. The normalized spacial score (nSPS) is 10.2. The topological polar surface area (TPSA) is 50.2 Å². The fraction of sp³-hybridized carbons (Fsp3) is 0. The molecule has 2 rings (SSSR count). The molecule has 0 unspecified atom stereocenters. The predicted octanol–water partition coefficient (Wildman–Crippen LogP) is 2.57. The van der Waals surface area contributed by atoms with Crippen molar-refractivity contribution in [2.24, 2.45) is 0 Å². The molecule has 0 aromatic carbocycles. The van der Waals surface area contributed by atoms with Gasteiger partial charge in [0.05, 0.1) is 16.0 Å². The summed E-state index contributed by atoms with van der Waals surface area (Å²) in [5.74, 6) is -0.885. The molecule has 0 aliphatic rings. The lowest BCUT2D eigenvalue weighted by atomic mass is 10.2. The summed E-state index contributed by atoms with van der Waals surface area (Å²) in [5.41, 5.74) is 2.81. The van der Waals surface area contributed by atoms with Crippen LogP contribution in [0, 0.1) is 0 Å². The van der Waals surface area contributed by atoms with Crippen molar-refractivity contribution in [3.05, 3.63) is 28.0 Å². The zero-order valence-electron chi connectivity index (χ0n) is 6.43. The Bertz CT molecular complexity index is 419. The van der Waals surface area contributed by atoms with Gasteiger partial charge in [0.2, 0.25) is 0 Å². The van der Waals surface area contributed by atoms with E-state index in [1.807, 2.05) is 5.38 Å². The van der Waals surface area contributed by atoms with Gasteiger partial charge in [-0.2, -0.15) is 11.3 Å². The average molecular weight is 211 g/mol. The molecule has 0 spiro atoms. The van der Waals surface area contributed by atoms with Crippen LogP contribution in [0.4, 0.5) is 0 Å². The van der Waals surface area contributed by atoms with Gasteiger partial charge in [-0.25, -0.2) is 4.79 Å². The Kier molecular flexibility index (Phi) is 2.12. The number of carboxylic acid groups (broad SMARTS) is 1. The lowest BCUT2D eigenvalue weighted by molar-refractivity contribution is 0.0698. The summed E-state index contributed by atoms with van der Waals surface area (Å²) >= 11 is 2.84. The van der Waals surface area contributed by atoms with Gasteiger partial charge in [0.25, 0.3) is 0 Å². The highest BCUT2D eigenvalue weighted by atomic mass is 32.1. The van der Waals surface area contributed by atoms with Crippen LogP contribution in [0.15, 0.2) is 22.5 Å². The van der Waals surface area contributed by atoms with E-state index in [9.17, 15) is 4.79 Å². The van der Waals surface area contributed by atoms with Gasteiger partial charge in [-0.1, -0.05) is 0 Å². The van der Waals surface area contributed by atoms with Gasteiger partial charge in [-0.15, -0.1) is 11.3 Å². The predicted molar refractivity (Wildman–Crippen MR) is 52.4 cm³/mol. The second kappa shape index (κ2) is 3.27. The van der Waals surface area contributed by atoms with Crippen LogP contribution in [-0.2, 0) is 0 Å². The minimum atomic E-state index is -0.885. The van der Waals surface area contributed by atoms with Gasteiger partial charge < -0.3 is 5.11 Å². The molecular weight excluding hydrogens is 206 g/mol. The first kappa shape index (κ1) is 8.40. The van der Waals surface area contributed by atoms with Crippen LogP contribution < -0.4 is 0 Å². The number of rotatable bonds is 2. The van der Waals surface area contributed by atoms with Crippen molar-refractivity contribution in [3.8, 4) is 10.4 Å². The highest BCUT2D eigenvalue weighted by Gasteiger charge is 2.13. The minimum absolute atomic E-state index is 0.356. The summed E-state index contributed by atoms with van der Waals surface area (Å²) in [4.78, 5) is 15.6. The lowest BCUT2D eigenvalue weighted by Crippen LogP contribution is -1.94. The molecule has 0 amide bonds. The summed E-state index contributed by atoms with van der Waals surface area (Å²) in [7, 11) is 0. The van der Waals surface area contributed by atoms with Crippen LogP contribution in [-0.4, -0.2) is 16.1 Å². The van der Waals surface area contributed by atoms with Crippen molar-refractivity contribution in [3.63, 3.8) is 0 Å². The third-order valence-corrected chi connectivity index (χ3v) is 3.14. The number of carboxylic acids is 1. The first-order valence-electron chi connectivity index (χ1n) is 3.47. The molecule has 0 aliphatic heterocycles. The number of nitrogens with zero attached hydrogens (tertiary/aromatic N) is 1. The number of thiazole rings is 1. The monoisotopic (exact) mass is 211 g/mol. The smallest absolute Gasteiger partial charge is 0.337 e. The molecular formula is C8H5NO2S2. The molecule has 66 valence electrons. The van der Waals surface area contributed by atoms with Crippen molar-refractivity contribution in [1.82, 2.24) is 4.98 Å². The van der Waals surface area contributed by atoms with Gasteiger partial charge in [-0.3, -0.25) is 4.98 Å². The number of aromatic carboxylic acids is 1. The average Bonchev–Trinajstić information content (AvgIpc) is 2.74. The molecule has 1 N–H and O–H groups in total. The van der Waals surface area contributed by atoms with Crippen molar-refractivity contribution >= 4 is 28.6 Å². The SMILES string of the molecule is O=C(O)c1cscc1-c1cncs1. The van der Waals surface area contributed by atoms with Crippen molar-refractivity contribution in [2.45, 2.75) is 0 Å². The van der Waals surface area contributed by atoms with Gasteiger partial charge in [0.15, 0.2) is 0 Å². The molecule has 13 heavy (non-hydrogen) atoms. The van der Waals surface area contributed by atoms with Gasteiger partial charge in [0.1, 0.15) is 0 Å². The Hall–Kier alpha value is -1.20. The number of carbonyl (C=O) groups is 1. The molecule has 0 atom stereocenters. The van der Waals surface area contributed by atoms with Crippen LogP contribution in [0.2, 0.25) is 0 Å². The van der Waals surface area contributed by atoms with Crippen molar-refractivity contribution in [2.75, 3.05) is 0 Å². The lowest BCUT2D eigenvalue weighted by Gasteiger charge is -1.93. The van der Waals surface area contributed by atoms with Crippen LogP contribution in [0.1, 0.15) is 10.4 Å². The Morgan fingerprint density at radius 1 is 1.46 bits per heavy atom. The van der Waals surface area contributed by atoms with Gasteiger partial charge in [0, 0.05) is 22.5 Å². The minimum Gasteiger partial charge on any atom is -0.478 e. The molecule has 2 aromatic rings. The maximum Gasteiger partial charge on any atom is 0.337 e. The Labute approximate surface area is 82.3 Å². The van der Waals surface area contributed by atoms with Crippen molar-refractivity contribution < 1.29 is 9.90 Å². The van der Waals surface area contributed by atoms with E-state index >= 15 is 0 Å². The van der Waals surface area contributed by atoms with E-state index in [1.54, 1.807) is 17.1 Å². The fourth-order valence-electron chi connectivity index (χ4n) is 1.00. The molecule has 0 fully saturated rings. The summed E-state index contributed by atoms with van der Waals surface area (Å²) in [5, 5.41) is 12.3.